The van der Waals surface area contributed by atoms with Crippen molar-refractivity contribution in [1.29, 1.82) is 0 Å². The minimum atomic E-state index is 0.848. The second kappa shape index (κ2) is 8.36. The first-order valence-corrected chi connectivity index (χ1v) is 9.83. The number of para-hydroxylation sites is 1. The second-order valence-corrected chi connectivity index (χ2v) is 7.73. The molecule has 0 spiro atoms. The molecule has 2 heterocycles. The highest BCUT2D eigenvalue weighted by Crippen LogP contribution is 2.22. The Morgan fingerprint density at radius 1 is 1.12 bits per heavy atom. The number of aliphatic imine (C=N–C) groups is 1. The number of aromatic amines is 1. The van der Waals surface area contributed by atoms with Gasteiger partial charge in [-0.1, -0.05) is 18.2 Å². The van der Waals surface area contributed by atoms with Gasteiger partial charge < -0.3 is 15.6 Å². The molecule has 0 amide bonds. The van der Waals surface area contributed by atoms with E-state index in [1.807, 2.05) is 7.05 Å². The Bertz CT molecular complexity index is 906. The minimum Gasteiger partial charge on any atom is -0.358 e. The van der Waals surface area contributed by atoms with Crippen molar-refractivity contribution in [2.75, 3.05) is 20.1 Å². The fourth-order valence-electron chi connectivity index (χ4n) is 3.28. The summed E-state index contributed by atoms with van der Waals surface area (Å²) in [5, 5.41) is 9.26. The number of nitrogens with zero attached hydrogens (tertiary/aromatic N) is 2. The van der Waals surface area contributed by atoms with Gasteiger partial charge >= 0.3 is 0 Å². The van der Waals surface area contributed by atoms with E-state index < -0.39 is 0 Å². The summed E-state index contributed by atoms with van der Waals surface area (Å²) >= 11 is 1.78. The number of benzene rings is 1. The van der Waals surface area contributed by atoms with Crippen molar-refractivity contribution in [3.05, 3.63) is 51.1 Å². The van der Waals surface area contributed by atoms with Crippen molar-refractivity contribution in [3.63, 3.8) is 0 Å². The first-order chi connectivity index (χ1) is 12.6. The summed E-state index contributed by atoms with van der Waals surface area (Å²) in [6.07, 6.45) is 1.93. The van der Waals surface area contributed by atoms with Crippen LogP contribution in [0.3, 0.4) is 0 Å². The van der Waals surface area contributed by atoms with E-state index >= 15 is 0 Å². The van der Waals surface area contributed by atoms with E-state index in [0.717, 1.165) is 42.6 Å². The third kappa shape index (κ3) is 4.25. The molecule has 138 valence electrons. The number of guanidine groups is 1. The van der Waals surface area contributed by atoms with Gasteiger partial charge in [0, 0.05) is 48.0 Å². The number of fused-ring (bicyclic) bond motifs is 1. The summed E-state index contributed by atoms with van der Waals surface area (Å²) in [4.78, 5) is 13.6. The first-order valence-electron chi connectivity index (χ1n) is 9.02. The van der Waals surface area contributed by atoms with Gasteiger partial charge in [0.05, 0.1) is 10.7 Å². The van der Waals surface area contributed by atoms with Gasteiger partial charge in [-0.15, -0.1) is 11.3 Å². The largest absolute Gasteiger partial charge is 0.358 e. The van der Waals surface area contributed by atoms with E-state index in [4.69, 9.17) is 0 Å². The Morgan fingerprint density at radius 3 is 2.54 bits per heavy atom. The van der Waals surface area contributed by atoms with E-state index in [9.17, 15) is 0 Å². The standard InChI is InChI=1S/C20H27N5S/c1-13-16(17-7-5-6-8-18(17)25-13)9-11-22-20(21-4)23-12-10-19-14(2)24-15(3)26-19/h5-8,25H,9-12H2,1-4H3,(H2,21,22,23). The van der Waals surface area contributed by atoms with E-state index in [0.29, 0.717) is 0 Å². The maximum absolute atomic E-state index is 4.48. The van der Waals surface area contributed by atoms with Crippen LogP contribution in [0.25, 0.3) is 10.9 Å². The molecular weight excluding hydrogens is 342 g/mol. The van der Waals surface area contributed by atoms with Crippen molar-refractivity contribution >= 4 is 28.2 Å². The van der Waals surface area contributed by atoms with E-state index in [1.165, 1.54) is 27.0 Å². The molecule has 0 unspecified atom stereocenters. The molecule has 0 saturated heterocycles. The quantitative estimate of drug-likeness (QED) is 0.460. The van der Waals surface area contributed by atoms with Crippen LogP contribution in [0, 0.1) is 20.8 Å². The predicted octanol–water partition coefficient (Wildman–Crippen LogP) is 3.50. The lowest BCUT2D eigenvalue weighted by atomic mass is 10.1. The SMILES string of the molecule is CN=C(NCCc1sc(C)nc1C)NCCc1c(C)[nH]c2ccccc12. The van der Waals surface area contributed by atoms with Crippen LogP contribution in [0.15, 0.2) is 29.3 Å². The Labute approximate surface area is 159 Å². The van der Waals surface area contributed by atoms with Gasteiger partial charge in [-0.25, -0.2) is 4.98 Å². The minimum absolute atomic E-state index is 0.848. The Morgan fingerprint density at radius 2 is 1.85 bits per heavy atom. The molecule has 0 aliphatic rings. The van der Waals surface area contributed by atoms with Crippen LogP contribution in [0.5, 0.6) is 0 Å². The Balaban J connectivity index is 1.49. The summed E-state index contributed by atoms with van der Waals surface area (Å²) in [5.74, 6) is 0.849. The highest BCUT2D eigenvalue weighted by atomic mass is 32.1. The molecule has 0 fully saturated rings. The van der Waals surface area contributed by atoms with Gasteiger partial charge in [-0.05, 0) is 38.8 Å². The fraction of sp³-hybridized carbons (Fsp3) is 0.400. The maximum Gasteiger partial charge on any atom is 0.190 e. The van der Waals surface area contributed by atoms with Crippen molar-refractivity contribution in [2.24, 2.45) is 4.99 Å². The molecule has 26 heavy (non-hydrogen) atoms. The molecule has 3 N–H and O–H groups in total. The lowest BCUT2D eigenvalue weighted by Crippen LogP contribution is -2.39. The van der Waals surface area contributed by atoms with Crippen LogP contribution in [-0.2, 0) is 12.8 Å². The molecule has 5 nitrogen and oxygen atoms in total. The topological polar surface area (TPSA) is 65.1 Å². The van der Waals surface area contributed by atoms with Crippen LogP contribution in [0.2, 0.25) is 0 Å². The number of thiazole rings is 1. The summed E-state index contributed by atoms with van der Waals surface area (Å²) in [7, 11) is 1.81. The van der Waals surface area contributed by atoms with Crippen molar-refractivity contribution in [3.8, 4) is 0 Å². The van der Waals surface area contributed by atoms with Gasteiger partial charge in [0.1, 0.15) is 0 Å². The summed E-state index contributed by atoms with van der Waals surface area (Å²) < 4.78 is 0. The van der Waals surface area contributed by atoms with Crippen molar-refractivity contribution in [1.82, 2.24) is 20.6 Å². The fourth-order valence-corrected chi connectivity index (χ4v) is 4.22. The molecule has 3 rings (SSSR count). The smallest absolute Gasteiger partial charge is 0.190 e. The third-order valence-electron chi connectivity index (χ3n) is 4.56. The number of nitrogens with one attached hydrogen (secondary N) is 3. The molecule has 3 aromatic rings. The van der Waals surface area contributed by atoms with Crippen LogP contribution in [-0.4, -0.2) is 36.1 Å². The average Bonchev–Trinajstić information content (AvgIpc) is 3.11. The predicted molar refractivity (Wildman–Crippen MR) is 111 cm³/mol. The lowest BCUT2D eigenvalue weighted by molar-refractivity contribution is 0.785. The number of aromatic nitrogens is 2. The molecule has 6 heteroatoms. The van der Waals surface area contributed by atoms with Crippen molar-refractivity contribution in [2.45, 2.75) is 33.6 Å². The summed E-state index contributed by atoms with van der Waals surface area (Å²) in [5.41, 5.74) is 4.97. The number of rotatable bonds is 6. The van der Waals surface area contributed by atoms with Gasteiger partial charge in [0.15, 0.2) is 5.96 Å². The Kier molecular flexibility index (Phi) is 5.93. The first kappa shape index (κ1) is 18.5. The number of aryl methyl sites for hydroxylation is 3. The summed E-state index contributed by atoms with van der Waals surface area (Å²) in [6, 6.07) is 8.47. The monoisotopic (exact) mass is 369 g/mol. The van der Waals surface area contributed by atoms with E-state index in [2.05, 4.69) is 70.6 Å². The van der Waals surface area contributed by atoms with Crippen LogP contribution in [0.4, 0.5) is 0 Å². The van der Waals surface area contributed by atoms with Crippen LogP contribution >= 0.6 is 11.3 Å². The van der Waals surface area contributed by atoms with E-state index in [1.54, 1.807) is 11.3 Å². The maximum atomic E-state index is 4.48. The number of H-pyrrole nitrogens is 1. The van der Waals surface area contributed by atoms with E-state index in [-0.39, 0.29) is 0 Å². The normalized spacial score (nSPS) is 11.9. The Hall–Kier alpha value is -2.34. The molecule has 0 atom stereocenters. The third-order valence-corrected chi connectivity index (χ3v) is 5.69. The van der Waals surface area contributed by atoms with Crippen molar-refractivity contribution < 1.29 is 0 Å². The highest BCUT2D eigenvalue weighted by Gasteiger charge is 2.08. The lowest BCUT2D eigenvalue weighted by Gasteiger charge is -2.12. The molecular formula is C20H27N5S. The van der Waals surface area contributed by atoms with Gasteiger partial charge in [0.25, 0.3) is 0 Å². The summed E-state index contributed by atoms with van der Waals surface area (Å²) in [6.45, 7) is 7.98. The molecule has 0 aliphatic heterocycles. The van der Waals surface area contributed by atoms with Gasteiger partial charge in [0.2, 0.25) is 0 Å². The van der Waals surface area contributed by atoms with Gasteiger partial charge in [-0.3, -0.25) is 4.99 Å². The zero-order valence-corrected chi connectivity index (χ0v) is 16.8. The molecule has 2 aromatic heterocycles. The molecule has 0 aliphatic carbocycles. The molecule has 0 saturated carbocycles. The number of hydrogen-bond donors (Lipinski definition) is 3. The number of hydrogen-bond acceptors (Lipinski definition) is 3. The zero-order valence-electron chi connectivity index (χ0n) is 15.9. The molecule has 1 aromatic carbocycles. The molecule has 0 bridgehead atoms. The van der Waals surface area contributed by atoms with Crippen LogP contribution < -0.4 is 10.6 Å². The van der Waals surface area contributed by atoms with Crippen LogP contribution in [0.1, 0.15) is 26.8 Å². The van der Waals surface area contributed by atoms with Gasteiger partial charge in [-0.2, -0.15) is 0 Å². The highest BCUT2D eigenvalue weighted by molar-refractivity contribution is 7.11. The second-order valence-electron chi connectivity index (χ2n) is 6.44. The molecule has 0 radical (unpaired) electrons. The zero-order chi connectivity index (χ0) is 18.5. The average molecular weight is 370 g/mol.